The van der Waals surface area contributed by atoms with Gasteiger partial charge in [-0.2, -0.15) is 4.31 Å². The Labute approximate surface area is 145 Å². The fourth-order valence-electron chi connectivity index (χ4n) is 2.81. The third-order valence-electron chi connectivity index (χ3n) is 4.41. The van der Waals surface area contributed by atoms with Gasteiger partial charge in [0.25, 0.3) is 0 Å². The number of aryl methyl sites for hydroxylation is 1. The first-order chi connectivity index (χ1) is 11.8. The summed E-state index contributed by atoms with van der Waals surface area (Å²) in [5, 5.41) is 13.2. The highest BCUT2D eigenvalue weighted by molar-refractivity contribution is 7.89. The summed E-state index contributed by atoms with van der Waals surface area (Å²) in [6, 6.07) is 3.76. The molecule has 1 aliphatic heterocycles. The SMILES string of the molecule is Cc1ccc(NC(=O)C2CC2[N+](=O)[O-])cc1S(=O)(=O)N1CCOCC1. The van der Waals surface area contributed by atoms with Crippen molar-refractivity contribution in [3.8, 4) is 0 Å². The normalized spacial score (nSPS) is 23.9. The smallest absolute Gasteiger partial charge is 0.243 e. The third-order valence-corrected chi connectivity index (χ3v) is 6.45. The number of benzene rings is 1. The highest BCUT2D eigenvalue weighted by Crippen LogP contribution is 2.34. The summed E-state index contributed by atoms with van der Waals surface area (Å²) >= 11 is 0. The molecular weight excluding hydrogens is 350 g/mol. The van der Waals surface area contributed by atoms with E-state index in [1.807, 2.05) is 0 Å². The molecule has 1 saturated heterocycles. The van der Waals surface area contributed by atoms with Gasteiger partial charge in [-0.1, -0.05) is 6.07 Å². The number of carbonyl (C=O) groups is 1. The Morgan fingerprint density at radius 3 is 2.64 bits per heavy atom. The van der Waals surface area contributed by atoms with Crippen LogP contribution in [-0.2, 0) is 19.6 Å². The van der Waals surface area contributed by atoms with E-state index in [-0.39, 0.29) is 24.4 Å². The molecule has 1 heterocycles. The van der Waals surface area contributed by atoms with Crippen LogP contribution >= 0.6 is 0 Å². The number of nitro groups is 1. The van der Waals surface area contributed by atoms with Crippen molar-refractivity contribution in [2.75, 3.05) is 31.6 Å². The zero-order chi connectivity index (χ0) is 18.2. The summed E-state index contributed by atoms with van der Waals surface area (Å²) in [4.78, 5) is 22.4. The lowest BCUT2D eigenvalue weighted by Crippen LogP contribution is -2.40. The molecule has 2 fully saturated rings. The van der Waals surface area contributed by atoms with Gasteiger partial charge in [0.1, 0.15) is 5.92 Å². The van der Waals surface area contributed by atoms with Crippen molar-refractivity contribution in [1.82, 2.24) is 4.31 Å². The molecule has 2 aliphatic rings. The van der Waals surface area contributed by atoms with E-state index in [1.54, 1.807) is 19.1 Å². The Hall–Kier alpha value is -2.04. The molecule has 1 aromatic carbocycles. The molecule has 9 nitrogen and oxygen atoms in total. The molecule has 1 amide bonds. The largest absolute Gasteiger partial charge is 0.379 e. The van der Waals surface area contributed by atoms with Crippen molar-refractivity contribution in [2.45, 2.75) is 24.3 Å². The summed E-state index contributed by atoms with van der Waals surface area (Å²) in [5.74, 6) is -1.11. The first-order valence-corrected chi connectivity index (χ1v) is 9.37. The molecular formula is C15H19N3O6S. The Morgan fingerprint density at radius 1 is 1.36 bits per heavy atom. The third kappa shape index (κ3) is 3.65. The van der Waals surface area contributed by atoms with E-state index < -0.39 is 32.8 Å². The van der Waals surface area contributed by atoms with Crippen molar-refractivity contribution in [3.05, 3.63) is 33.9 Å². The maximum atomic E-state index is 12.8. The maximum Gasteiger partial charge on any atom is 0.243 e. The first-order valence-electron chi connectivity index (χ1n) is 7.93. The Bertz CT molecular complexity index is 803. The number of morpholine rings is 1. The average Bonchev–Trinajstić information content (AvgIpc) is 3.38. The van der Waals surface area contributed by atoms with Gasteiger partial charge in [0.2, 0.25) is 22.0 Å². The van der Waals surface area contributed by atoms with Crippen LogP contribution in [0.2, 0.25) is 0 Å². The Kier molecular flexibility index (Phi) is 4.76. The number of anilines is 1. The van der Waals surface area contributed by atoms with Crippen LogP contribution in [0.3, 0.4) is 0 Å². The number of sulfonamides is 1. The van der Waals surface area contributed by atoms with E-state index in [0.717, 1.165) is 0 Å². The van der Waals surface area contributed by atoms with Crippen LogP contribution < -0.4 is 5.32 Å². The second kappa shape index (κ2) is 6.70. The van der Waals surface area contributed by atoms with Crippen LogP contribution in [0.15, 0.2) is 23.1 Å². The Balaban J connectivity index is 1.79. The molecule has 1 N–H and O–H groups in total. The van der Waals surface area contributed by atoms with Gasteiger partial charge in [-0.05, 0) is 24.6 Å². The molecule has 2 unspecified atom stereocenters. The lowest BCUT2D eigenvalue weighted by atomic mass is 10.2. The monoisotopic (exact) mass is 369 g/mol. The highest BCUT2D eigenvalue weighted by Gasteiger charge is 2.53. The number of nitrogens with zero attached hydrogens (tertiary/aromatic N) is 2. The summed E-state index contributed by atoms with van der Waals surface area (Å²) in [6.07, 6.45) is 0.212. The lowest BCUT2D eigenvalue weighted by molar-refractivity contribution is -0.497. The minimum Gasteiger partial charge on any atom is -0.379 e. The van der Waals surface area contributed by atoms with Gasteiger partial charge in [0.15, 0.2) is 0 Å². The summed E-state index contributed by atoms with van der Waals surface area (Å²) < 4.78 is 32.1. The number of carbonyl (C=O) groups excluding carboxylic acids is 1. The quantitative estimate of drug-likeness (QED) is 0.600. The predicted molar refractivity (Wildman–Crippen MR) is 88.3 cm³/mol. The van der Waals surface area contributed by atoms with Crippen LogP contribution in [-0.4, -0.2) is 55.9 Å². The van der Waals surface area contributed by atoms with Gasteiger partial charge in [-0.25, -0.2) is 8.42 Å². The zero-order valence-electron chi connectivity index (χ0n) is 13.7. The second-order valence-corrected chi connectivity index (χ2v) is 8.09. The highest BCUT2D eigenvalue weighted by atomic mass is 32.2. The van der Waals surface area contributed by atoms with Gasteiger partial charge >= 0.3 is 0 Å². The fraction of sp³-hybridized carbons (Fsp3) is 0.533. The number of rotatable bonds is 5. The van der Waals surface area contributed by atoms with Crippen LogP contribution in [0.1, 0.15) is 12.0 Å². The van der Waals surface area contributed by atoms with Gasteiger partial charge in [0.05, 0.1) is 18.1 Å². The van der Waals surface area contributed by atoms with Crippen LogP contribution in [0, 0.1) is 23.0 Å². The molecule has 136 valence electrons. The zero-order valence-corrected chi connectivity index (χ0v) is 14.5. The molecule has 3 rings (SSSR count). The molecule has 0 spiro atoms. The number of amides is 1. The Morgan fingerprint density at radius 2 is 2.04 bits per heavy atom. The van der Waals surface area contributed by atoms with Gasteiger partial charge < -0.3 is 10.1 Å². The topological polar surface area (TPSA) is 119 Å². The van der Waals surface area contributed by atoms with Crippen molar-refractivity contribution in [3.63, 3.8) is 0 Å². The summed E-state index contributed by atoms with van der Waals surface area (Å²) in [5.41, 5.74) is 0.885. The summed E-state index contributed by atoms with van der Waals surface area (Å²) in [7, 11) is -3.69. The van der Waals surface area contributed by atoms with Gasteiger partial charge in [-0.15, -0.1) is 0 Å². The molecule has 0 bridgehead atoms. The van der Waals surface area contributed by atoms with E-state index in [1.165, 1.54) is 10.4 Å². The first kappa shape index (κ1) is 17.8. The number of nitrogens with one attached hydrogen (secondary N) is 1. The average molecular weight is 369 g/mol. The van der Waals surface area contributed by atoms with E-state index in [4.69, 9.17) is 4.74 Å². The van der Waals surface area contributed by atoms with Gasteiger partial charge in [0, 0.05) is 30.1 Å². The van der Waals surface area contributed by atoms with E-state index >= 15 is 0 Å². The number of ether oxygens (including phenoxy) is 1. The standard InChI is InChI=1S/C15H19N3O6S/c1-10-2-3-11(16-15(19)12-9-13(12)18(20)21)8-14(10)25(22,23)17-4-6-24-7-5-17/h2-3,8,12-13H,4-7,9H2,1H3,(H,16,19). The van der Waals surface area contributed by atoms with Crippen LogP contribution in [0.5, 0.6) is 0 Å². The van der Waals surface area contributed by atoms with Crippen LogP contribution in [0.25, 0.3) is 0 Å². The van der Waals surface area contributed by atoms with Crippen molar-refractivity contribution in [2.24, 2.45) is 5.92 Å². The molecule has 1 aliphatic carbocycles. The number of hydrogen-bond donors (Lipinski definition) is 1. The molecule has 0 radical (unpaired) electrons. The molecule has 0 aromatic heterocycles. The molecule has 25 heavy (non-hydrogen) atoms. The van der Waals surface area contributed by atoms with Crippen molar-refractivity contribution >= 4 is 21.6 Å². The van der Waals surface area contributed by atoms with Crippen molar-refractivity contribution in [1.29, 1.82) is 0 Å². The fourth-order valence-corrected chi connectivity index (χ4v) is 4.47. The van der Waals surface area contributed by atoms with E-state index in [2.05, 4.69) is 5.32 Å². The molecule has 1 saturated carbocycles. The van der Waals surface area contributed by atoms with E-state index in [9.17, 15) is 23.3 Å². The van der Waals surface area contributed by atoms with Crippen molar-refractivity contribution < 1.29 is 22.9 Å². The predicted octanol–water partition coefficient (Wildman–Crippen LogP) is 0.620. The van der Waals surface area contributed by atoms with Crippen LogP contribution in [0.4, 0.5) is 5.69 Å². The maximum absolute atomic E-state index is 12.8. The minimum atomic E-state index is -3.69. The van der Waals surface area contributed by atoms with E-state index in [0.29, 0.717) is 24.5 Å². The number of hydrogen-bond acceptors (Lipinski definition) is 6. The molecule has 2 atom stereocenters. The summed E-state index contributed by atoms with van der Waals surface area (Å²) in [6.45, 7) is 2.94. The second-order valence-electron chi connectivity index (χ2n) is 6.18. The lowest BCUT2D eigenvalue weighted by Gasteiger charge is -2.26. The molecule has 1 aromatic rings. The minimum absolute atomic E-state index is 0.119. The molecule has 10 heteroatoms. The van der Waals surface area contributed by atoms with Gasteiger partial charge in [-0.3, -0.25) is 14.9 Å².